The number of nitrogens with two attached hydrogens (primary N) is 1. The van der Waals surface area contributed by atoms with Gasteiger partial charge in [-0.3, -0.25) is 4.79 Å². The van der Waals surface area contributed by atoms with Gasteiger partial charge in [-0.15, -0.1) is 0 Å². The topological polar surface area (TPSA) is 91.1 Å². The summed E-state index contributed by atoms with van der Waals surface area (Å²) in [4.78, 5) is 27.7. The Bertz CT molecular complexity index is 932. The maximum atomic E-state index is 11.7. The van der Waals surface area contributed by atoms with Gasteiger partial charge in [0.15, 0.2) is 5.65 Å². The van der Waals surface area contributed by atoms with Crippen molar-refractivity contribution in [1.29, 1.82) is 0 Å². The first-order valence-corrected chi connectivity index (χ1v) is 8.39. The highest BCUT2D eigenvalue weighted by molar-refractivity contribution is 6.30. The number of anilines is 2. The second kappa shape index (κ2) is 6.25. The minimum Gasteiger partial charge on any atom is -0.367 e. The van der Waals surface area contributed by atoms with Gasteiger partial charge in [0.25, 0.3) is 5.91 Å². The monoisotopic (exact) mass is 356 g/mol. The molecule has 0 spiro atoms. The average Bonchev–Trinajstić information content (AvgIpc) is 3.09. The molecule has 0 saturated carbocycles. The van der Waals surface area contributed by atoms with Crippen LogP contribution in [0.1, 0.15) is 10.4 Å². The minimum absolute atomic E-state index is 0.405. The fourth-order valence-corrected chi connectivity index (χ4v) is 3.46. The standard InChI is InChI=1S/C17H17ClN6O/c18-14-9-13(15-17(22-14)21-10-20-15)24-7-5-23(6-8-24)12-4-2-1-3-11(12)16(19)25/h1-4,9-10H,5-8H2,(H2,19,25)(H,20,21,22). The van der Waals surface area contributed by atoms with Crippen molar-refractivity contribution in [1.82, 2.24) is 15.0 Å². The summed E-state index contributed by atoms with van der Waals surface area (Å²) in [5.41, 5.74) is 9.40. The molecular formula is C17H17ClN6O. The molecule has 0 bridgehead atoms. The summed E-state index contributed by atoms with van der Waals surface area (Å²) in [7, 11) is 0. The number of carbonyl (C=O) groups is 1. The molecule has 1 aromatic carbocycles. The van der Waals surface area contributed by atoms with Gasteiger partial charge in [0.1, 0.15) is 10.7 Å². The Morgan fingerprint density at radius 2 is 1.80 bits per heavy atom. The predicted octanol–water partition coefficient (Wildman–Crippen LogP) is 2.04. The molecule has 1 fully saturated rings. The van der Waals surface area contributed by atoms with Crippen LogP contribution in [0, 0.1) is 0 Å². The third-order valence-corrected chi connectivity index (χ3v) is 4.66. The van der Waals surface area contributed by atoms with Crippen molar-refractivity contribution < 1.29 is 4.79 Å². The Hall–Kier alpha value is -2.80. The van der Waals surface area contributed by atoms with E-state index in [0.29, 0.717) is 16.4 Å². The van der Waals surface area contributed by atoms with Crippen molar-refractivity contribution in [2.45, 2.75) is 0 Å². The van der Waals surface area contributed by atoms with Crippen LogP contribution in [0.3, 0.4) is 0 Å². The van der Waals surface area contributed by atoms with Crippen LogP contribution < -0.4 is 15.5 Å². The first kappa shape index (κ1) is 15.7. The lowest BCUT2D eigenvalue weighted by Crippen LogP contribution is -2.47. The molecule has 0 radical (unpaired) electrons. The van der Waals surface area contributed by atoms with Gasteiger partial charge < -0.3 is 20.5 Å². The lowest BCUT2D eigenvalue weighted by Gasteiger charge is -2.38. The Labute approximate surface area is 149 Å². The van der Waals surface area contributed by atoms with Crippen LogP contribution in [0.15, 0.2) is 36.7 Å². The van der Waals surface area contributed by atoms with Crippen molar-refractivity contribution in [3.8, 4) is 0 Å². The number of piperazine rings is 1. The fraction of sp³-hybridized carbons (Fsp3) is 0.235. The van der Waals surface area contributed by atoms with Crippen molar-refractivity contribution >= 4 is 40.0 Å². The van der Waals surface area contributed by atoms with Crippen LogP contribution in [0.2, 0.25) is 5.15 Å². The first-order chi connectivity index (χ1) is 12.1. The van der Waals surface area contributed by atoms with Gasteiger partial charge in [0, 0.05) is 37.9 Å². The Morgan fingerprint density at radius 3 is 2.52 bits per heavy atom. The van der Waals surface area contributed by atoms with E-state index in [4.69, 9.17) is 17.3 Å². The van der Waals surface area contributed by atoms with Crippen molar-refractivity contribution in [2.75, 3.05) is 36.0 Å². The maximum absolute atomic E-state index is 11.7. The smallest absolute Gasteiger partial charge is 0.250 e. The zero-order valence-electron chi connectivity index (χ0n) is 13.4. The van der Waals surface area contributed by atoms with Crippen LogP contribution >= 0.6 is 11.6 Å². The van der Waals surface area contributed by atoms with E-state index in [9.17, 15) is 4.79 Å². The van der Waals surface area contributed by atoms with Gasteiger partial charge in [-0.05, 0) is 12.1 Å². The number of hydrogen-bond donors (Lipinski definition) is 2. The lowest BCUT2D eigenvalue weighted by atomic mass is 10.1. The normalized spacial score (nSPS) is 14.9. The van der Waals surface area contributed by atoms with Crippen LogP contribution in [-0.4, -0.2) is 47.0 Å². The van der Waals surface area contributed by atoms with Crippen molar-refractivity contribution in [3.63, 3.8) is 0 Å². The van der Waals surface area contributed by atoms with E-state index in [1.54, 1.807) is 12.4 Å². The number of amides is 1. The summed E-state index contributed by atoms with van der Waals surface area (Å²) < 4.78 is 0. The lowest BCUT2D eigenvalue weighted by molar-refractivity contribution is 0.100. The molecule has 0 aliphatic carbocycles. The molecule has 1 aliphatic rings. The fourth-order valence-electron chi connectivity index (χ4n) is 3.27. The molecule has 8 heteroatoms. The van der Waals surface area contributed by atoms with Crippen molar-refractivity contribution in [2.24, 2.45) is 5.73 Å². The number of nitrogens with zero attached hydrogens (tertiary/aromatic N) is 4. The van der Waals surface area contributed by atoms with E-state index in [0.717, 1.165) is 43.1 Å². The Balaban J connectivity index is 1.58. The molecule has 2 aromatic heterocycles. The van der Waals surface area contributed by atoms with E-state index in [1.807, 2.05) is 24.3 Å². The molecule has 7 nitrogen and oxygen atoms in total. The number of carbonyl (C=O) groups excluding carboxylic acids is 1. The van der Waals surface area contributed by atoms with Crippen LogP contribution in [0.5, 0.6) is 0 Å². The van der Waals surface area contributed by atoms with Crippen molar-refractivity contribution in [3.05, 3.63) is 47.4 Å². The molecule has 1 amide bonds. The predicted molar refractivity (Wildman–Crippen MR) is 98.3 cm³/mol. The number of H-pyrrole nitrogens is 1. The molecule has 3 heterocycles. The van der Waals surface area contributed by atoms with E-state index < -0.39 is 5.91 Å². The zero-order valence-corrected chi connectivity index (χ0v) is 14.2. The number of benzene rings is 1. The highest BCUT2D eigenvalue weighted by Gasteiger charge is 2.23. The van der Waals surface area contributed by atoms with Gasteiger partial charge in [0.05, 0.1) is 17.6 Å². The Morgan fingerprint density at radius 1 is 1.12 bits per heavy atom. The van der Waals surface area contributed by atoms with Crippen LogP contribution in [0.25, 0.3) is 11.2 Å². The molecule has 0 unspecified atom stereocenters. The number of aromatic amines is 1. The second-order valence-electron chi connectivity index (χ2n) is 5.92. The number of rotatable bonds is 3. The molecule has 3 N–H and O–H groups in total. The molecule has 3 aromatic rings. The number of imidazole rings is 1. The van der Waals surface area contributed by atoms with E-state index >= 15 is 0 Å². The zero-order chi connectivity index (χ0) is 17.4. The third kappa shape index (κ3) is 2.87. The SMILES string of the molecule is NC(=O)c1ccccc1N1CCN(c2cc(Cl)nc3[nH]cnc23)CC1. The average molecular weight is 357 g/mol. The minimum atomic E-state index is -0.405. The Kier molecular flexibility index (Phi) is 3.93. The van der Waals surface area contributed by atoms with Gasteiger partial charge in [-0.1, -0.05) is 23.7 Å². The highest BCUT2D eigenvalue weighted by Crippen LogP contribution is 2.29. The molecular weight excluding hydrogens is 340 g/mol. The molecule has 1 aliphatic heterocycles. The summed E-state index contributed by atoms with van der Waals surface area (Å²) in [6.45, 7) is 3.12. The number of para-hydroxylation sites is 1. The number of halogens is 1. The quantitative estimate of drug-likeness (QED) is 0.701. The summed E-state index contributed by atoms with van der Waals surface area (Å²) in [6.07, 6.45) is 1.62. The first-order valence-electron chi connectivity index (χ1n) is 8.02. The van der Waals surface area contributed by atoms with Crippen LogP contribution in [0.4, 0.5) is 11.4 Å². The summed E-state index contributed by atoms with van der Waals surface area (Å²) in [5.74, 6) is -0.405. The largest absolute Gasteiger partial charge is 0.367 e. The number of fused-ring (bicyclic) bond motifs is 1. The molecule has 4 rings (SSSR count). The second-order valence-corrected chi connectivity index (χ2v) is 6.31. The number of aromatic nitrogens is 3. The summed E-state index contributed by atoms with van der Waals surface area (Å²) >= 11 is 6.13. The van der Waals surface area contributed by atoms with Gasteiger partial charge >= 0.3 is 0 Å². The third-order valence-electron chi connectivity index (χ3n) is 4.47. The summed E-state index contributed by atoms with van der Waals surface area (Å²) in [6, 6.07) is 9.29. The van der Waals surface area contributed by atoms with Gasteiger partial charge in [-0.2, -0.15) is 0 Å². The van der Waals surface area contributed by atoms with Gasteiger partial charge in [-0.25, -0.2) is 9.97 Å². The van der Waals surface area contributed by atoms with E-state index in [1.165, 1.54) is 0 Å². The van der Waals surface area contributed by atoms with E-state index in [2.05, 4.69) is 24.8 Å². The highest BCUT2D eigenvalue weighted by atomic mass is 35.5. The molecule has 1 saturated heterocycles. The van der Waals surface area contributed by atoms with Gasteiger partial charge in [0.2, 0.25) is 0 Å². The maximum Gasteiger partial charge on any atom is 0.250 e. The summed E-state index contributed by atoms with van der Waals surface area (Å²) in [5, 5.41) is 0.438. The molecule has 0 atom stereocenters. The number of primary amides is 1. The molecule has 128 valence electrons. The number of pyridine rings is 1. The molecule has 25 heavy (non-hydrogen) atoms. The number of hydrogen-bond acceptors (Lipinski definition) is 5. The number of nitrogens with one attached hydrogen (secondary N) is 1. The van der Waals surface area contributed by atoms with Crippen LogP contribution in [-0.2, 0) is 0 Å². The van der Waals surface area contributed by atoms with E-state index in [-0.39, 0.29) is 0 Å².